The molecule has 0 atom stereocenters. The van der Waals surface area contributed by atoms with Crippen molar-refractivity contribution in [1.82, 2.24) is 5.32 Å². The minimum atomic E-state index is -0.252. The van der Waals surface area contributed by atoms with Crippen LogP contribution in [0.25, 0.3) is 0 Å². The predicted molar refractivity (Wildman–Crippen MR) is 84.0 cm³/mol. The largest absolute Gasteiger partial charge is 0.351 e. The molecule has 1 aliphatic carbocycles. The molecule has 110 valence electrons. The van der Waals surface area contributed by atoms with E-state index < -0.39 is 0 Å². The van der Waals surface area contributed by atoms with E-state index in [-0.39, 0.29) is 17.1 Å². The Hall–Kier alpha value is -1.10. The minimum Gasteiger partial charge on any atom is -0.351 e. The first-order valence-corrected chi connectivity index (χ1v) is 8.06. The standard InChI is InChI=1S/C15H12Cl2FNOS/c16-12-7-11(13(17)21-12)14(20)19-8-15(5-6-15)9-1-3-10(18)4-2-9/h1-4,7H,5-6,8H2,(H,19,20). The quantitative estimate of drug-likeness (QED) is 0.859. The Labute approximate surface area is 135 Å². The van der Waals surface area contributed by atoms with Crippen LogP contribution in [0.15, 0.2) is 30.3 Å². The van der Waals surface area contributed by atoms with Crippen LogP contribution >= 0.6 is 34.5 Å². The molecule has 1 aromatic heterocycles. The number of hydrogen-bond acceptors (Lipinski definition) is 2. The molecule has 1 amide bonds. The number of nitrogens with one attached hydrogen (secondary N) is 1. The second-order valence-corrected chi connectivity index (χ2v) is 7.49. The van der Waals surface area contributed by atoms with Gasteiger partial charge in [-0.2, -0.15) is 0 Å². The summed E-state index contributed by atoms with van der Waals surface area (Å²) in [6.07, 6.45) is 1.97. The number of rotatable bonds is 4. The predicted octanol–water partition coefficient (Wildman–Crippen LogP) is 4.66. The van der Waals surface area contributed by atoms with Crippen molar-refractivity contribution in [2.45, 2.75) is 18.3 Å². The lowest BCUT2D eigenvalue weighted by atomic mass is 9.96. The second kappa shape index (κ2) is 5.59. The van der Waals surface area contributed by atoms with Crippen LogP contribution in [0, 0.1) is 5.82 Å². The van der Waals surface area contributed by atoms with Gasteiger partial charge in [0.2, 0.25) is 0 Å². The van der Waals surface area contributed by atoms with Crippen LogP contribution in [0.1, 0.15) is 28.8 Å². The molecule has 1 N–H and O–H groups in total. The van der Waals surface area contributed by atoms with Crippen molar-refractivity contribution in [1.29, 1.82) is 0 Å². The van der Waals surface area contributed by atoms with Crippen molar-refractivity contribution in [2.24, 2.45) is 0 Å². The number of amides is 1. The molecule has 2 aromatic rings. The molecule has 1 saturated carbocycles. The van der Waals surface area contributed by atoms with Gasteiger partial charge in [-0.15, -0.1) is 11.3 Å². The third-order valence-electron chi connectivity index (χ3n) is 3.80. The van der Waals surface area contributed by atoms with Crippen molar-refractivity contribution < 1.29 is 9.18 Å². The first-order chi connectivity index (χ1) is 10.00. The van der Waals surface area contributed by atoms with Gasteiger partial charge in [-0.1, -0.05) is 35.3 Å². The van der Waals surface area contributed by atoms with E-state index in [0.29, 0.717) is 20.8 Å². The second-order valence-electron chi connectivity index (χ2n) is 5.21. The van der Waals surface area contributed by atoms with Crippen LogP contribution in [-0.4, -0.2) is 12.5 Å². The summed E-state index contributed by atoms with van der Waals surface area (Å²) in [7, 11) is 0. The summed E-state index contributed by atoms with van der Waals surface area (Å²) in [6, 6.07) is 8.03. The van der Waals surface area contributed by atoms with Crippen LogP contribution in [0.4, 0.5) is 4.39 Å². The summed E-state index contributed by atoms with van der Waals surface area (Å²) in [4.78, 5) is 12.1. The number of benzene rings is 1. The maximum absolute atomic E-state index is 13.0. The van der Waals surface area contributed by atoms with Crippen LogP contribution < -0.4 is 5.32 Å². The third kappa shape index (κ3) is 3.07. The average Bonchev–Trinajstić information content (AvgIpc) is 3.16. The Kier molecular flexibility index (Phi) is 3.95. The number of thiophene rings is 1. The van der Waals surface area contributed by atoms with E-state index in [4.69, 9.17) is 23.2 Å². The van der Waals surface area contributed by atoms with Crippen LogP contribution in [-0.2, 0) is 5.41 Å². The van der Waals surface area contributed by atoms with Gasteiger partial charge in [-0.25, -0.2) is 4.39 Å². The number of carbonyl (C=O) groups is 1. The van der Waals surface area contributed by atoms with E-state index in [1.807, 2.05) is 0 Å². The van der Waals surface area contributed by atoms with Crippen LogP contribution in [0.3, 0.4) is 0 Å². The summed E-state index contributed by atoms with van der Waals surface area (Å²) in [5.74, 6) is -0.477. The summed E-state index contributed by atoms with van der Waals surface area (Å²) >= 11 is 13.0. The Morgan fingerprint density at radius 2 is 1.95 bits per heavy atom. The van der Waals surface area contributed by atoms with Gasteiger partial charge in [0.1, 0.15) is 10.2 Å². The maximum atomic E-state index is 13.0. The van der Waals surface area contributed by atoms with Gasteiger partial charge in [-0.05, 0) is 36.6 Å². The lowest BCUT2D eigenvalue weighted by molar-refractivity contribution is 0.0950. The maximum Gasteiger partial charge on any atom is 0.253 e. The molecule has 21 heavy (non-hydrogen) atoms. The highest BCUT2D eigenvalue weighted by molar-refractivity contribution is 7.20. The Morgan fingerprint density at radius 3 is 2.48 bits per heavy atom. The first-order valence-electron chi connectivity index (χ1n) is 6.49. The molecular weight excluding hydrogens is 332 g/mol. The van der Waals surface area contributed by atoms with Gasteiger partial charge in [0.15, 0.2) is 0 Å². The van der Waals surface area contributed by atoms with E-state index in [1.165, 1.54) is 23.5 Å². The molecule has 1 aliphatic rings. The fourth-order valence-electron chi connectivity index (χ4n) is 2.36. The van der Waals surface area contributed by atoms with Gasteiger partial charge in [-0.3, -0.25) is 4.79 Å². The summed E-state index contributed by atoms with van der Waals surface area (Å²) in [5.41, 5.74) is 1.38. The van der Waals surface area contributed by atoms with Gasteiger partial charge in [0, 0.05) is 12.0 Å². The Morgan fingerprint density at radius 1 is 1.29 bits per heavy atom. The van der Waals surface area contributed by atoms with Gasteiger partial charge in [0.25, 0.3) is 5.91 Å². The molecule has 3 rings (SSSR count). The highest BCUT2D eigenvalue weighted by Crippen LogP contribution is 2.47. The fraction of sp³-hybridized carbons (Fsp3) is 0.267. The van der Waals surface area contributed by atoms with E-state index in [0.717, 1.165) is 18.4 Å². The molecule has 1 aromatic carbocycles. The lowest BCUT2D eigenvalue weighted by Crippen LogP contribution is -2.32. The van der Waals surface area contributed by atoms with E-state index >= 15 is 0 Å². The summed E-state index contributed by atoms with van der Waals surface area (Å²) in [5, 5.41) is 2.90. The molecule has 6 heteroatoms. The van der Waals surface area contributed by atoms with Crippen LogP contribution in [0.5, 0.6) is 0 Å². The summed E-state index contributed by atoms with van der Waals surface area (Å²) in [6.45, 7) is 0.515. The van der Waals surface area contributed by atoms with Gasteiger partial charge < -0.3 is 5.32 Å². The Bertz CT molecular complexity index is 679. The molecule has 0 bridgehead atoms. The molecule has 1 heterocycles. The van der Waals surface area contributed by atoms with Crippen molar-refractivity contribution in [3.8, 4) is 0 Å². The molecule has 1 fully saturated rings. The van der Waals surface area contributed by atoms with Gasteiger partial charge in [0.05, 0.1) is 9.90 Å². The van der Waals surface area contributed by atoms with E-state index in [1.54, 1.807) is 18.2 Å². The normalized spacial score (nSPS) is 15.8. The van der Waals surface area contributed by atoms with Gasteiger partial charge >= 0.3 is 0 Å². The smallest absolute Gasteiger partial charge is 0.253 e. The summed E-state index contributed by atoms with van der Waals surface area (Å²) < 4.78 is 13.9. The minimum absolute atomic E-state index is 0.0738. The van der Waals surface area contributed by atoms with Crippen molar-refractivity contribution in [3.05, 3.63) is 55.9 Å². The number of carbonyl (C=O) groups excluding carboxylic acids is 1. The van der Waals surface area contributed by atoms with Crippen molar-refractivity contribution in [2.75, 3.05) is 6.54 Å². The fourth-order valence-corrected chi connectivity index (χ4v) is 3.82. The zero-order chi connectivity index (χ0) is 15.0. The van der Waals surface area contributed by atoms with E-state index in [9.17, 15) is 9.18 Å². The highest BCUT2D eigenvalue weighted by Gasteiger charge is 2.44. The third-order valence-corrected chi connectivity index (χ3v) is 5.29. The van der Waals surface area contributed by atoms with E-state index in [2.05, 4.69) is 5.32 Å². The van der Waals surface area contributed by atoms with Crippen LogP contribution in [0.2, 0.25) is 8.67 Å². The molecule has 2 nitrogen and oxygen atoms in total. The molecule has 0 unspecified atom stereocenters. The lowest BCUT2D eigenvalue weighted by Gasteiger charge is -2.16. The molecule has 0 saturated heterocycles. The zero-order valence-corrected chi connectivity index (χ0v) is 13.3. The molecule has 0 aliphatic heterocycles. The first kappa shape index (κ1) is 14.8. The SMILES string of the molecule is O=C(NCC1(c2ccc(F)cc2)CC1)c1cc(Cl)sc1Cl. The van der Waals surface area contributed by atoms with Crippen molar-refractivity contribution in [3.63, 3.8) is 0 Å². The monoisotopic (exact) mass is 343 g/mol. The molecular formula is C15H12Cl2FNOS. The average molecular weight is 344 g/mol. The topological polar surface area (TPSA) is 29.1 Å². The zero-order valence-electron chi connectivity index (χ0n) is 11.0. The number of hydrogen-bond donors (Lipinski definition) is 1. The Balaban J connectivity index is 1.68. The molecule has 0 radical (unpaired) electrons. The number of halogens is 3. The molecule has 0 spiro atoms. The van der Waals surface area contributed by atoms with Crippen molar-refractivity contribution >= 4 is 40.4 Å². The highest BCUT2D eigenvalue weighted by atomic mass is 35.5.